The molecule has 0 radical (unpaired) electrons. The Balaban J connectivity index is 2.30. The average molecular weight is 277 g/mol. The van der Waals surface area contributed by atoms with Crippen molar-refractivity contribution in [3.05, 3.63) is 50.8 Å². The van der Waals surface area contributed by atoms with Gasteiger partial charge in [0, 0.05) is 30.3 Å². The molecular formula is C13H15N3O2S. The summed E-state index contributed by atoms with van der Waals surface area (Å²) in [6.07, 6.45) is 2.01. The molecule has 0 aliphatic carbocycles. The first-order chi connectivity index (χ1) is 9.06. The summed E-state index contributed by atoms with van der Waals surface area (Å²) in [5, 5.41) is 12.6. The molecule has 0 bridgehead atoms. The first-order valence-corrected chi connectivity index (χ1v) is 6.87. The molecule has 0 N–H and O–H groups in total. The Morgan fingerprint density at radius 1 is 1.37 bits per heavy atom. The van der Waals surface area contributed by atoms with Crippen LogP contribution in [-0.2, 0) is 6.54 Å². The Morgan fingerprint density at radius 3 is 2.63 bits per heavy atom. The summed E-state index contributed by atoms with van der Waals surface area (Å²) >= 11 is 1.56. The zero-order valence-electron chi connectivity index (χ0n) is 10.8. The minimum Gasteiger partial charge on any atom is -0.323 e. The highest BCUT2D eigenvalue weighted by molar-refractivity contribution is 7.07. The van der Waals surface area contributed by atoms with Gasteiger partial charge in [0.05, 0.1) is 10.6 Å². The molecule has 1 aromatic carbocycles. The monoisotopic (exact) mass is 277 g/mol. The Bertz CT molecular complexity index is 626. The van der Waals surface area contributed by atoms with Gasteiger partial charge in [0.1, 0.15) is 0 Å². The molecule has 0 fully saturated rings. The quantitative estimate of drug-likeness (QED) is 0.635. The molecule has 2 rings (SSSR count). The fraction of sp³-hybridized carbons (Fsp3) is 0.308. The summed E-state index contributed by atoms with van der Waals surface area (Å²) in [7, 11) is 0. The van der Waals surface area contributed by atoms with Crippen molar-refractivity contribution in [1.29, 1.82) is 0 Å². The number of nitro benzene ring substituents is 1. The summed E-state index contributed by atoms with van der Waals surface area (Å²) in [6.45, 7) is 5.22. The minimum atomic E-state index is -0.409. The molecule has 6 heteroatoms. The van der Waals surface area contributed by atoms with Crippen LogP contribution in [0.2, 0.25) is 0 Å². The van der Waals surface area contributed by atoms with Gasteiger partial charge in [0.2, 0.25) is 0 Å². The molecule has 19 heavy (non-hydrogen) atoms. The Kier molecular flexibility index (Phi) is 4.11. The van der Waals surface area contributed by atoms with Gasteiger partial charge in [0.25, 0.3) is 5.69 Å². The predicted octanol–water partition coefficient (Wildman–Crippen LogP) is 3.35. The van der Waals surface area contributed by atoms with E-state index in [1.165, 1.54) is 12.1 Å². The first-order valence-electron chi connectivity index (χ1n) is 5.99. The van der Waals surface area contributed by atoms with E-state index in [1.807, 2.05) is 11.6 Å². The largest absolute Gasteiger partial charge is 0.323 e. The van der Waals surface area contributed by atoms with Gasteiger partial charge in [-0.15, -0.1) is 11.3 Å². The van der Waals surface area contributed by atoms with Gasteiger partial charge in [-0.2, -0.15) is 0 Å². The van der Waals surface area contributed by atoms with Gasteiger partial charge in [-0.3, -0.25) is 10.1 Å². The predicted molar refractivity (Wildman–Crippen MR) is 75.5 cm³/mol. The number of hydrogen-bond acceptors (Lipinski definition) is 4. The van der Waals surface area contributed by atoms with Crippen LogP contribution in [0.4, 0.5) is 11.4 Å². The Labute approximate surface area is 115 Å². The van der Waals surface area contributed by atoms with Crippen molar-refractivity contribution in [2.45, 2.75) is 20.4 Å². The summed E-state index contributed by atoms with van der Waals surface area (Å²) < 4.78 is 2.09. The van der Waals surface area contributed by atoms with E-state index in [1.54, 1.807) is 23.5 Å². The molecule has 0 unspecified atom stereocenters. The number of hydrogen-bond donors (Lipinski definition) is 0. The van der Waals surface area contributed by atoms with Crippen molar-refractivity contribution in [3.8, 4) is 0 Å². The third-order valence-electron chi connectivity index (χ3n) is 2.51. The maximum atomic E-state index is 10.6. The van der Waals surface area contributed by atoms with Crippen LogP contribution >= 0.6 is 11.3 Å². The fourth-order valence-corrected chi connectivity index (χ4v) is 2.44. The van der Waals surface area contributed by atoms with Crippen molar-refractivity contribution < 1.29 is 4.92 Å². The molecule has 0 amide bonds. The lowest BCUT2D eigenvalue weighted by Gasteiger charge is -2.05. The van der Waals surface area contributed by atoms with Gasteiger partial charge in [-0.25, -0.2) is 4.99 Å². The number of nitrogens with zero attached hydrogens (tertiary/aromatic N) is 3. The lowest BCUT2D eigenvalue weighted by atomic mass is 10.2. The molecule has 0 aliphatic rings. The molecular weight excluding hydrogens is 262 g/mol. The van der Waals surface area contributed by atoms with E-state index in [9.17, 15) is 10.1 Å². The lowest BCUT2D eigenvalue weighted by Crippen LogP contribution is -2.16. The second-order valence-electron chi connectivity index (χ2n) is 4.62. The Hall–Kier alpha value is -1.95. The maximum absolute atomic E-state index is 10.6. The molecule has 0 saturated carbocycles. The van der Waals surface area contributed by atoms with Crippen molar-refractivity contribution in [2.24, 2.45) is 10.9 Å². The van der Waals surface area contributed by atoms with Crippen LogP contribution in [0, 0.1) is 16.0 Å². The van der Waals surface area contributed by atoms with Gasteiger partial charge < -0.3 is 4.57 Å². The lowest BCUT2D eigenvalue weighted by molar-refractivity contribution is -0.384. The third kappa shape index (κ3) is 3.51. The minimum absolute atomic E-state index is 0.0835. The fourth-order valence-electron chi connectivity index (χ4n) is 1.68. The molecule has 1 aromatic heterocycles. The number of benzene rings is 1. The van der Waals surface area contributed by atoms with Crippen molar-refractivity contribution >= 4 is 22.7 Å². The molecule has 5 nitrogen and oxygen atoms in total. The van der Waals surface area contributed by atoms with E-state index in [4.69, 9.17) is 0 Å². The van der Waals surface area contributed by atoms with E-state index in [0.717, 1.165) is 17.0 Å². The molecule has 1 heterocycles. The Morgan fingerprint density at radius 2 is 2.05 bits per heavy atom. The second-order valence-corrected chi connectivity index (χ2v) is 5.49. The highest BCUT2D eigenvalue weighted by Crippen LogP contribution is 2.17. The summed E-state index contributed by atoms with van der Waals surface area (Å²) in [4.78, 5) is 15.6. The number of non-ortho nitro benzene ring substituents is 1. The molecule has 0 spiro atoms. The second kappa shape index (κ2) is 5.79. The van der Waals surface area contributed by atoms with Crippen molar-refractivity contribution in [1.82, 2.24) is 4.57 Å². The average Bonchev–Trinajstić information content (AvgIpc) is 2.76. The van der Waals surface area contributed by atoms with Gasteiger partial charge in [-0.05, 0) is 18.1 Å². The van der Waals surface area contributed by atoms with Crippen LogP contribution in [0.25, 0.3) is 0 Å². The first kappa shape index (κ1) is 13.5. The van der Waals surface area contributed by atoms with Crippen LogP contribution in [0.5, 0.6) is 0 Å². The van der Waals surface area contributed by atoms with E-state index < -0.39 is 4.92 Å². The van der Waals surface area contributed by atoms with Crippen molar-refractivity contribution in [2.75, 3.05) is 0 Å². The summed E-state index contributed by atoms with van der Waals surface area (Å²) in [6, 6.07) is 6.27. The van der Waals surface area contributed by atoms with E-state index in [-0.39, 0.29) is 5.69 Å². The molecule has 2 aromatic rings. The van der Waals surface area contributed by atoms with Crippen LogP contribution in [0.3, 0.4) is 0 Å². The normalized spacial score (nSPS) is 12.1. The number of nitro groups is 1. The van der Waals surface area contributed by atoms with E-state index in [2.05, 4.69) is 23.4 Å². The van der Waals surface area contributed by atoms with Gasteiger partial charge in [-0.1, -0.05) is 13.8 Å². The zero-order valence-corrected chi connectivity index (χ0v) is 11.6. The highest BCUT2D eigenvalue weighted by Gasteiger charge is 2.04. The van der Waals surface area contributed by atoms with Gasteiger partial charge >= 0.3 is 0 Å². The van der Waals surface area contributed by atoms with E-state index in [0.29, 0.717) is 5.92 Å². The highest BCUT2D eigenvalue weighted by atomic mass is 32.1. The van der Waals surface area contributed by atoms with Crippen LogP contribution in [0.15, 0.2) is 40.8 Å². The van der Waals surface area contributed by atoms with Gasteiger partial charge in [0.15, 0.2) is 4.80 Å². The molecule has 0 atom stereocenters. The van der Waals surface area contributed by atoms with E-state index >= 15 is 0 Å². The molecule has 0 aliphatic heterocycles. The standard InChI is InChI=1S/C13H15N3O2S/c1-10(2)9-15-7-8-19-13(15)14-11-3-5-12(6-4-11)16(17)18/h3-8,10H,9H2,1-2H3. The number of aromatic nitrogens is 1. The molecule has 100 valence electrons. The smallest absolute Gasteiger partial charge is 0.269 e. The number of thiazole rings is 1. The zero-order chi connectivity index (χ0) is 13.8. The maximum Gasteiger partial charge on any atom is 0.269 e. The molecule has 0 saturated heterocycles. The van der Waals surface area contributed by atoms with Crippen LogP contribution in [-0.4, -0.2) is 9.49 Å². The number of rotatable bonds is 4. The SMILES string of the molecule is CC(C)Cn1ccsc1=Nc1ccc([N+](=O)[O-])cc1. The van der Waals surface area contributed by atoms with Crippen LogP contribution in [0.1, 0.15) is 13.8 Å². The summed E-state index contributed by atoms with van der Waals surface area (Å²) in [5.41, 5.74) is 0.811. The van der Waals surface area contributed by atoms with Crippen LogP contribution < -0.4 is 4.80 Å². The van der Waals surface area contributed by atoms with Crippen molar-refractivity contribution in [3.63, 3.8) is 0 Å². The summed E-state index contributed by atoms with van der Waals surface area (Å²) in [5.74, 6) is 0.547. The third-order valence-corrected chi connectivity index (χ3v) is 3.30. The topological polar surface area (TPSA) is 60.4 Å².